The molecule has 1 aliphatic rings. The number of rotatable bonds is 3. The number of nitrogens with one attached hydrogen (secondary N) is 1. The molecule has 2 amide bonds. The van der Waals surface area contributed by atoms with E-state index in [9.17, 15) is 32.3 Å². The Morgan fingerprint density at radius 3 is 2.41 bits per heavy atom. The zero-order valence-corrected chi connectivity index (χ0v) is 14.6. The van der Waals surface area contributed by atoms with E-state index in [-0.39, 0.29) is 15.3 Å². The van der Waals surface area contributed by atoms with Crippen LogP contribution in [0.3, 0.4) is 0 Å². The van der Waals surface area contributed by atoms with Crippen molar-refractivity contribution in [3.63, 3.8) is 0 Å². The first-order chi connectivity index (χ1) is 12.6. The molecule has 0 radical (unpaired) electrons. The van der Waals surface area contributed by atoms with Crippen LogP contribution in [0.1, 0.15) is 21.3 Å². The van der Waals surface area contributed by atoms with Crippen molar-refractivity contribution in [2.45, 2.75) is 17.9 Å². The van der Waals surface area contributed by atoms with Crippen LogP contribution in [0.4, 0.5) is 22.4 Å². The van der Waals surface area contributed by atoms with E-state index in [1.165, 1.54) is 17.5 Å². The molecule has 0 spiro atoms. The average Bonchev–Trinajstić information content (AvgIpc) is 3.13. The second-order valence-corrected chi connectivity index (χ2v) is 7.03. The Bertz CT molecular complexity index is 854. The minimum Gasteiger partial charge on any atom is -0.363 e. The molecule has 3 rings (SSSR count). The molecule has 2 heterocycles. The standard InChI is InChI=1S/C17H14F4N2O3S/c1-23-15(25)22-13(9-4-6-10(18)7-5-9)12(16(23,26)17(19,20)21)14(24)11-3-2-8-27-11/h2-8,12-13,26H,1H3,(H,22,25)/t12-,13-,16-/m1/s1. The van der Waals surface area contributed by atoms with Crippen molar-refractivity contribution in [1.29, 1.82) is 0 Å². The Balaban J connectivity index is 2.19. The second kappa shape index (κ2) is 6.61. The van der Waals surface area contributed by atoms with Gasteiger partial charge in [0, 0.05) is 7.05 Å². The van der Waals surface area contributed by atoms with Crippen LogP contribution in [0.15, 0.2) is 41.8 Å². The van der Waals surface area contributed by atoms with Gasteiger partial charge in [-0.05, 0) is 29.1 Å². The lowest BCUT2D eigenvalue weighted by molar-refractivity contribution is -0.322. The number of halogens is 4. The third-order valence-corrected chi connectivity index (χ3v) is 5.44. The fourth-order valence-electron chi connectivity index (χ4n) is 3.13. The topological polar surface area (TPSA) is 69.6 Å². The number of thiophene rings is 1. The largest absolute Gasteiger partial charge is 0.437 e. The van der Waals surface area contributed by atoms with Crippen molar-refractivity contribution in [2.24, 2.45) is 5.92 Å². The van der Waals surface area contributed by atoms with Crippen molar-refractivity contribution in [1.82, 2.24) is 10.2 Å². The van der Waals surface area contributed by atoms with Crippen molar-refractivity contribution < 1.29 is 32.3 Å². The summed E-state index contributed by atoms with van der Waals surface area (Å²) in [5.41, 5.74) is -3.68. The number of hydrogen-bond acceptors (Lipinski definition) is 4. The summed E-state index contributed by atoms with van der Waals surface area (Å²) < 4.78 is 54.8. The molecule has 1 aromatic heterocycles. The number of aliphatic hydroxyl groups is 1. The molecule has 0 aliphatic carbocycles. The first-order valence-electron chi connectivity index (χ1n) is 7.74. The van der Waals surface area contributed by atoms with Gasteiger partial charge in [-0.3, -0.25) is 9.69 Å². The van der Waals surface area contributed by atoms with E-state index in [0.29, 0.717) is 0 Å². The van der Waals surface area contributed by atoms with E-state index >= 15 is 0 Å². The number of urea groups is 1. The van der Waals surface area contributed by atoms with Crippen LogP contribution < -0.4 is 5.32 Å². The van der Waals surface area contributed by atoms with Crippen molar-refractivity contribution in [3.05, 3.63) is 58.0 Å². The molecule has 144 valence electrons. The minimum atomic E-state index is -5.31. The van der Waals surface area contributed by atoms with Gasteiger partial charge >= 0.3 is 12.2 Å². The highest BCUT2D eigenvalue weighted by molar-refractivity contribution is 7.12. The summed E-state index contributed by atoms with van der Waals surface area (Å²) in [6, 6.07) is 4.44. The van der Waals surface area contributed by atoms with Crippen LogP contribution in [-0.2, 0) is 0 Å². The number of hydrogen-bond donors (Lipinski definition) is 2. The monoisotopic (exact) mass is 402 g/mol. The van der Waals surface area contributed by atoms with E-state index in [2.05, 4.69) is 5.32 Å². The number of ketones is 1. The van der Waals surface area contributed by atoms with E-state index in [4.69, 9.17) is 0 Å². The predicted molar refractivity (Wildman–Crippen MR) is 88.6 cm³/mol. The van der Waals surface area contributed by atoms with Gasteiger partial charge in [0.05, 0.1) is 10.9 Å². The molecule has 1 aliphatic heterocycles. The number of carbonyl (C=O) groups excluding carboxylic acids is 2. The van der Waals surface area contributed by atoms with Gasteiger partial charge in [-0.25, -0.2) is 9.18 Å². The summed E-state index contributed by atoms with van der Waals surface area (Å²) in [5, 5.41) is 14.4. The first-order valence-corrected chi connectivity index (χ1v) is 8.62. The van der Waals surface area contributed by atoms with E-state index < -0.39 is 41.5 Å². The molecule has 2 aromatic rings. The summed E-state index contributed by atoms with van der Waals surface area (Å²) in [6.45, 7) is 0. The third kappa shape index (κ3) is 3.08. The number of amides is 2. The van der Waals surface area contributed by atoms with Gasteiger partial charge in [0.2, 0.25) is 0 Å². The Hall–Kier alpha value is -2.46. The van der Waals surface area contributed by atoms with Gasteiger partial charge in [-0.1, -0.05) is 18.2 Å². The van der Waals surface area contributed by atoms with Crippen LogP contribution in [0.5, 0.6) is 0 Å². The molecule has 0 unspecified atom stereocenters. The van der Waals surface area contributed by atoms with E-state index in [0.717, 1.165) is 42.6 Å². The van der Waals surface area contributed by atoms with Crippen molar-refractivity contribution >= 4 is 23.2 Å². The third-order valence-electron chi connectivity index (χ3n) is 4.55. The fraction of sp³-hybridized carbons (Fsp3) is 0.294. The summed E-state index contributed by atoms with van der Waals surface area (Å²) >= 11 is 0.919. The highest BCUT2D eigenvalue weighted by Crippen LogP contribution is 2.47. The van der Waals surface area contributed by atoms with Gasteiger partial charge in [0.15, 0.2) is 5.78 Å². The van der Waals surface area contributed by atoms with Gasteiger partial charge < -0.3 is 10.4 Å². The lowest BCUT2D eigenvalue weighted by Crippen LogP contribution is -2.72. The summed E-state index contributed by atoms with van der Waals surface area (Å²) in [6.07, 6.45) is -5.31. The van der Waals surface area contributed by atoms with E-state index in [1.807, 2.05) is 0 Å². The molecular weight excluding hydrogens is 388 g/mol. The molecule has 10 heteroatoms. The smallest absolute Gasteiger partial charge is 0.363 e. The number of Topliss-reactive ketones (excluding diaryl/α,β-unsaturated/α-hetero) is 1. The second-order valence-electron chi connectivity index (χ2n) is 6.08. The molecule has 5 nitrogen and oxygen atoms in total. The van der Waals surface area contributed by atoms with E-state index in [1.54, 1.807) is 0 Å². The van der Waals surface area contributed by atoms with Crippen molar-refractivity contribution in [3.8, 4) is 0 Å². The Morgan fingerprint density at radius 1 is 1.26 bits per heavy atom. The van der Waals surface area contributed by atoms with Crippen molar-refractivity contribution in [2.75, 3.05) is 7.05 Å². The van der Waals surface area contributed by atoms with Gasteiger partial charge in [0.25, 0.3) is 5.72 Å². The molecule has 0 bridgehead atoms. The molecule has 0 saturated carbocycles. The zero-order valence-electron chi connectivity index (χ0n) is 13.8. The lowest BCUT2D eigenvalue weighted by Gasteiger charge is -2.49. The average molecular weight is 402 g/mol. The molecule has 1 fully saturated rings. The molecule has 2 N–H and O–H groups in total. The number of benzene rings is 1. The maximum Gasteiger partial charge on any atom is 0.437 e. The lowest BCUT2D eigenvalue weighted by atomic mass is 9.78. The quantitative estimate of drug-likeness (QED) is 0.611. The fourth-order valence-corrected chi connectivity index (χ4v) is 3.83. The SMILES string of the molecule is CN1C(=O)N[C@H](c2ccc(F)cc2)[C@H](C(=O)c2cccs2)[C@@]1(O)C(F)(F)F. The van der Waals surface area contributed by atoms with Crippen LogP contribution in [0.2, 0.25) is 0 Å². The number of carbonyl (C=O) groups is 2. The normalized spacial score (nSPS) is 26.0. The van der Waals surface area contributed by atoms with Crippen LogP contribution in [-0.4, -0.2) is 40.8 Å². The van der Waals surface area contributed by atoms with Crippen LogP contribution in [0, 0.1) is 11.7 Å². The molecular formula is C17H14F4N2O3S. The first kappa shape index (κ1) is 19.3. The van der Waals surface area contributed by atoms with Gasteiger partial charge in [-0.2, -0.15) is 13.2 Å². The maximum absolute atomic E-state index is 13.9. The molecule has 27 heavy (non-hydrogen) atoms. The Kier molecular flexibility index (Phi) is 4.73. The zero-order chi connectivity index (χ0) is 20.0. The molecule has 1 aromatic carbocycles. The predicted octanol–water partition coefficient (Wildman–Crippen LogP) is 3.33. The Labute approximate surface area is 155 Å². The summed E-state index contributed by atoms with van der Waals surface area (Å²) in [4.78, 5) is 25.1. The van der Waals surface area contributed by atoms with Crippen LogP contribution >= 0.6 is 11.3 Å². The highest BCUT2D eigenvalue weighted by atomic mass is 32.1. The molecule has 1 saturated heterocycles. The van der Waals surface area contributed by atoms with Gasteiger partial charge in [-0.15, -0.1) is 11.3 Å². The summed E-state index contributed by atoms with van der Waals surface area (Å²) in [5.74, 6) is -3.71. The number of alkyl halides is 3. The van der Waals surface area contributed by atoms with Crippen LogP contribution in [0.25, 0.3) is 0 Å². The summed E-state index contributed by atoms with van der Waals surface area (Å²) in [7, 11) is 0.762. The van der Waals surface area contributed by atoms with Gasteiger partial charge in [0.1, 0.15) is 11.7 Å². The highest BCUT2D eigenvalue weighted by Gasteiger charge is 2.69. The minimum absolute atomic E-state index is 0.000615. The maximum atomic E-state index is 13.9. The number of nitrogens with zero attached hydrogens (tertiary/aromatic N) is 1. The molecule has 3 atom stereocenters. The Morgan fingerprint density at radius 2 is 1.89 bits per heavy atom.